The highest BCUT2D eigenvalue weighted by molar-refractivity contribution is 9.10. The molecule has 0 saturated heterocycles. The maximum Gasteiger partial charge on any atom is 0.136 e. The topological polar surface area (TPSA) is 18.1 Å². The minimum Gasteiger partial charge on any atom is -0.456 e. The second kappa shape index (κ2) is 7.09. The molecule has 0 atom stereocenters. The molecule has 7 rings (SSSR count). The third-order valence-corrected chi connectivity index (χ3v) is 7.13. The van der Waals surface area contributed by atoms with Gasteiger partial charge in [0.15, 0.2) is 0 Å². The number of benzene rings is 5. The summed E-state index contributed by atoms with van der Waals surface area (Å²) in [5.41, 5.74) is 7.79. The third kappa shape index (κ3) is 2.79. The molecule has 33 heavy (non-hydrogen) atoms. The highest BCUT2D eigenvalue weighted by atomic mass is 79.9. The molecule has 0 fully saturated rings. The van der Waals surface area contributed by atoms with Crippen molar-refractivity contribution >= 4 is 59.7 Å². The van der Waals surface area contributed by atoms with Crippen LogP contribution >= 0.6 is 15.9 Å². The molecular weight excluding hydrogens is 470 g/mol. The average molecular weight is 488 g/mol. The van der Waals surface area contributed by atoms with Crippen molar-refractivity contribution in [3.05, 3.63) is 114 Å². The monoisotopic (exact) mass is 487 g/mol. The minimum absolute atomic E-state index is 0.901. The summed E-state index contributed by atoms with van der Waals surface area (Å²) in [6, 6.07) is 38.5. The van der Waals surface area contributed by atoms with Crippen LogP contribution in [0.1, 0.15) is 0 Å². The van der Waals surface area contributed by atoms with E-state index in [0.29, 0.717) is 0 Å². The van der Waals surface area contributed by atoms with Crippen LogP contribution in [0.25, 0.3) is 60.6 Å². The molecule has 5 aromatic carbocycles. The maximum atomic E-state index is 6.07. The summed E-state index contributed by atoms with van der Waals surface area (Å²) in [7, 11) is 0. The number of furan rings is 1. The number of nitrogens with zero attached hydrogens (tertiary/aromatic N) is 1. The first-order chi connectivity index (χ1) is 16.3. The summed E-state index contributed by atoms with van der Waals surface area (Å²) in [5.74, 6) is 0. The number of aromatic nitrogens is 1. The standard InChI is InChI=1S/C30H18BrNO/c31-25-10-6-12-29-30(25)24-18-20(14-16-28(24)33-29)19-13-15-27-23(17-19)22-9-4-5-11-26(22)32(27)21-7-2-1-3-8-21/h1-18H. The van der Waals surface area contributed by atoms with Gasteiger partial charge in [-0.2, -0.15) is 0 Å². The van der Waals surface area contributed by atoms with Gasteiger partial charge in [0.05, 0.1) is 11.0 Å². The Balaban J connectivity index is 1.49. The molecule has 2 aromatic heterocycles. The lowest BCUT2D eigenvalue weighted by Crippen LogP contribution is -1.92. The average Bonchev–Trinajstić information content (AvgIpc) is 3.40. The summed E-state index contributed by atoms with van der Waals surface area (Å²) in [6.07, 6.45) is 0. The molecule has 0 aliphatic rings. The van der Waals surface area contributed by atoms with Crippen LogP contribution in [-0.2, 0) is 0 Å². The predicted molar refractivity (Wildman–Crippen MR) is 141 cm³/mol. The summed E-state index contributed by atoms with van der Waals surface area (Å²) in [5, 5.41) is 4.76. The fourth-order valence-electron chi connectivity index (χ4n) is 4.97. The Morgan fingerprint density at radius 3 is 2.15 bits per heavy atom. The number of halogens is 1. The molecule has 0 aliphatic carbocycles. The Hall–Kier alpha value is -3.82. The van der Waals surface area contributed by atoms with Gasteiger partial charge in [-0.3, -0.25) is 0 Å². The van der Waals surface area contributed by atoms with Crippen molar-refractivity contribution in [2.45, 2.75) is 0 Å². The predicted octanol–water partition coefficient (Wildman–Crippen LogP) is 9.11. The van der Waals surface area contributed by atoms with Crippen molar-refractivity contribution in [3.63, 3.8) is 0 Å². The van der Waals surface area contributed by atoms with Gasteiger partial charge in [0.2, 0.25) is 0 Å². The van der Waals surface area contributed by atoms with Gasteiger partial charge < -0.3 is 8.98 Å². The van der Waals surface area contributed by atoms with Crippen LogP contribution in [0.4, 0.5) is 0 Å². The van der Waals surface area contributed by atoms with Gasteiger partial charge in [0.25, 0.3) is 0 Å². The third-order valence-electron chi connectivity index (χ3n) is 6.46. The van der Waals surface area contributed by atoms with Crippen molar-refractivity contribution in [3.8, 4) is 16.8 Å². The molecule has 0 bridgehead atoms. The van der Waals surface area contributed by atoms with Crippen LogP contribution in [0, 0.1) is 0 Å². The highest BCUT2D eigenvalue weighted by Gasteiger charge is 2.14. The first-order valence-corrected chi connectivity index (χ1v) is 11.8. The van der Waals surface area contributed by atoms with Crippen molar-refractivity contribution in [2.24, 2.45) is 0 Å². The SMILES string of the molecule is Brc1cccc2oc3ccc(-c4ccc5c(c4)c4ccccc4n5-c4ccccc4)cc3c12. The number of para-hydroxylation sites is 2. The molecular formula is C30H18BrNO. The molecule has 156 valence electrons. The summed E-state index contributed by atoms with van der Waals surface area (Å²) in [6.45, 7) is 0. The van der Waals surface area contributed by atoms with Gasteiger partial charge in [0.1, 0.15) is 11.2 Å². The van der Waals surface area contributed by atoms with Crippen LogP contribution in [-0.4, -0.2) is 4.57 Å². The van der Waals surface area contributed by atoms with Gasteiger partial charge in [0, 0.05) is 31.7 Å². The minimum atomic E-state index is 0.901. The van der Waals surface area contributed by atoms with E-state index in [2.05, 4.69) is 118 Å². The molecule has 0 N–H and O–H groups in total. The molecule has 3 heteroatoms. The van der Waals surface area contributed by atoms with Crippen LogP contribution in [0.2, 0.25) is 0 Å². The highest BCUT2D eigenvalue weighted by Crippen LogP contribution is 2.38. The molecule has 0 radical (unpaired) electrons. The molecule has 7 aromatic rings. The van der Waals surface area contributed by atoms with E-state index in [9.17, 15) is 0 Å². The molecule has 2 heterocycles. The van der Waals surface area contributed by atoms with Crippen molar-refractivity contribution in [1.29, 1.82) is 0 Å². The van der Waals surface area contributed by atoms with E-state index < -0.39 is 0 Å². The first-order valence-electron chi connectivity index (χ1n) is 11.0. The number of fused-ring (bicyclic) bond motifs is 6. The van der Waals surface area contributed by atoms with Gasteiger partial charge in [-0.15, -0.1) is 0 Å². The second-order valence-electron chi connectivity index (χ2n) is 8.35. The maximum absolute atomic E-state index is 6.07. The van der Waals surface area contributed by atoms with Crippen molar-refractivity contribution < 1.29 is 4.42 Å². The lowest BCUT2D eigenvalue weighted by atomic mass is 10.0. The fraction of sp³-hybridized carbons (Fsp3) is 0. The molecule has 2 nitrogen and oxygen atoms in total. The van der Waals surface area contributed by atoms with E-state index in [-0.39, 0.29) is 0 Å². The van der Waals surface area contributed by atoms with Gasteiger partial charge >= 0.3 is 0 Å². The van der Waals surface area contributed by atoms with E-state index in [1.54, 1.807) is 0 Å². The normalized spacial score (nSPS) is 11.8. The molecule has 0 aliphatic heterocycles. The Morgan fingerprint density at radius 2 is 1.27 bits per heavy atom. The van der Waals surface area contributed by atoms with Gasteiger partial charge in [-0.1, -0.05) is 70.5 Å². The largest absolute Gasteiger partial charge is 0.456 e. The molecule has 0 spiro atoms. The van der Waals surface area contributed by atoms with Crippen molar-refractivity contribution in [2.75, 3.05) is 0 Å². The van der Waals surface area contributed by atoms with Crippen LogP contribution in [0.3, 0.4) is 0 Å². The Bertz CT molecular complexity index is 1830. The smallest absolute Gasteiger partial charge is 0.136 e. The Morgan fingerprint density at radius 1 is 0.545 bits per heavy atom. The Kier molecular flexibility index (Phi) is 4.02. The quantitative estimate of drug-likeness (QED) is 0.237. The first kappa shape index (κ1) is 18.7. The zero-order valence-corrected chi connectivity index (χ0v) is 19.2. The van der Waals surface area contributed by atoms with E-state index in [1.165, 1.54) is 38.6 Å². The molecule has 0 unspecified atom stereocenters. The lowest BCUT2D eigenvalue weighted by Gasteiger charge is -2.08. The number of hydrogen-bond donors (Lipinski definition) is 0. The number of hydrogen-bond acceptors (Lipinski definition) is 1. The van der Waals surface area contributed by atoms with Gasteiger partial charge in [-0.25, -0.2) is 0 Å². The number of rotatable bonds is 2. The Labute approximate surface area is 198 Å². The zero-order chi connectivity index (χ0) is 21.9. The molecule has 0 amide bonds. The van der Waals surface area contributed by atoms with E-state index in [4.69, 9.17) is 4.42 Å². The van der Waals surface area contributed by atoms with E-state index in [0.717, 1.165) is 26.4 Å². The van der Waals surface area contributed by atoms with E-state index in [1.807, 2.05) is 12.1 Å². The molecule has 0 saturated carbocycles. The van der Waals surface area contributed by atoms with Crippen LogP contribution in [0.15, 0.2) is 118 Å². The van der Waals surface area contributed by atoms with Crippen LogP contribution in [0.5, 0.6) is 0 Å². The van der Waals surface area contributed by atoms with Gasteiger partial charge in [-0.05, 0) is 65.7 Å². The summed E-state index contributed by atoms with van der Waals surface area (Å²) in [4.78, 5) is 0. The van der Waals surface area contributed by atoms with E-state index >= 15 is 0 Å². The fourth-order valence-corrected chi connectivity index (χ4v) is 5.53. The zero-order valence-electron chi connectivity index (χ0n) is 17.6. The van der Waals surface area contributed by atoms with Crippen LogP contribution < -0.4 is 0 Å². The second-order valence-corrected chi connectivity index (χ2v) is 9.20. The lowest BCUT2D eigenvalue weighted by molar-refractivity contribution is 0.669. The summed E-state index contributed by atoms with van der Waals surface area (Å²) >= 11 is 3.70. The summed E-state index contributed by atoms with van der Waals surface area (Å²) < 4.78 is 9.47. The van der Waals surface area contributed by atoms with Crippen molar-refractivity contribution in [1.82, 2.24) is 4.57 Å².